The fraction of sp³-hybridized carbons (Fsp3) is 0.467. The molecule has 0 aliphatic carbocycles. The average Bonchev–Trinajstić information content (AvgIpc) is 2.30. The Bertz CT molecular complexity index is 353. The van der Waals surface area contributed by atoms with Crippen molar-refractivity contribution in [1.29, 1.82) is 0 Å². The molecule has 1 N–H and O–H groups in total. The Balaban J connectivity index is 2.10. The Morgan fingerprint density at radius 3 is 2.56 bits per heavy atom. The number of aryl methyl sites for hydroxylation is 2. The van der Waals surface area contributed by atoms with Crippen LogP contribution in [0.5, 0.6) is 0 Å². The van der Waals surface area contributed by atoms with Gasteiger partial charge in [0.25, 0.3) is 0 Å². The highest BCUT2D eigenvalue weighted by molar-refractivity contribution is 5.57. The molecule has 1 heterocycles. The molecule has 0 radical (unpaired) electrons. The van der Waals surface area contributed by atoms with Crippen LogP contribution in [-0.4, -0.2) is 12.6 Å². The van der Waals surface area contributed by atoms with Crippen molar-refractivity contribution in [2.24, 2.45) is 0 Å². The van der Waals surface area contributed by atoms with Gasteiger partial charge in [0.1, 0.15) is 0 Å². The third kappa shape index (κ3) is 2.73. The van der Waals surface area contributed by atoms with E-state index < -0.39 is 0 Å². The molecule has 0 aromatic heterocycles. The number of nitrogens with one attached hydrogen (secondary N) is 1. The van der Waals surface area contributed by atoms with Gasteiger partial charge in [-0.1, -0.05) is 36.8 Å². The molecule has 0 saturated carbocycles. The average molecular weight is 215 g/mol. The number of hydrogen-bond acceptors (Lipinski definition) is 1. The maximum absolute atomic E-state index is 3.54. The molecule has 1 fully saturated rings. The van der Waals surface area contributed by atoms with Crippen molar-refractivity contribution in [3.8, 4) is 0 Å². The summed E-state index contributed by atoms with van der Waals surface area (Å²) in [4.78, 5) is 0. The zero-order valence-electron chi connectivity index (χ0n) is 10.3. The van der Waals surface area contributed by atoms with E-state index in [0.29, 0.717) is 6.04 Å². The van der Waals surface area contributed by atoms with Crippen molar-refractivity contribution in [2.75, 3.05) is 6.54 Å². The van der Waals surface area contributed by atoms with Gasteiger partial charge in [-0.25, -0.2) is 0 Å². The van der Waals surface area contributed by atoms with E-state index in [0.717, 1.165) is 0 Å². The molecular formula is C15H21N. The highest BCUT2D eigenvalue weighted by atomic mass is 14.9. The molecule has 1 atom stereocenters. The first-order chi connectivity index (χ1) is 7.77. The Hall–Kier alpha value is -1.08. The molecule has 0 bridgehead atoms. The van der Waals surface area contributed by atoms with Crippen LogP contribution in [0, 0.1) is 13.8 Å². The quantitative estimate of drug-likeness (QED) is 0.796. The van der Waals surface area contributed by atoms with Crippen LogP contribution >= 0.6 is 0 Å². The highest BCUT2D eigenvalue weighted by Crippen LogP contribution is 2.16. The standard InChI is InChI=1S/C15H21N/c1-12-6-5-7-13(2)15(12)10-9-14-8-3-4-11-16-14/h5-7,9-10,14,16H,3-4,8,11H2,1-2H3/b10-9+/t14-/m0/s1. The molecule has 2 rings (SSSR count). The van der Waals surface area contributed by atoms with Gasteiger partial charge in [0, 0.05) is 6.04 Å². The molecule has 86 valence electrons. The maximum Gasteiger partial charge on any atom is 0.0253 e. The minimum absolute atomic E-state index is 0.577. The van der Waals surface area contributed by atoms with Gasteiger partial charge in [-0.05, 0) is 49.9 Å². The van der Waals surface area contributed by atoms with Crippen molar-refractivity contribution < 1.29 is 0 Å². The van der Waals surface area contributed by atoms with Crippen molar-refractivity contribution in [3.63, 3.8) is 0 Å². The van der Waals surface area contributed by atoms with E-state index in [1.807, 2.05) is 0 Å². The lowest BCUT2D eigenvalue weighted by Gasteiger charge is -2.20. The summed E-state index contributed by atoms with van der Waals surface area (Å²) < 4.78 is 0. The molecule has 1 saturated heterocycles. The van der Waals surface area contributed by atoms with Crippen molar-refractivity contribution in [1.82, 2.24) is 5.32 Å². The molecule has 1 aromatic rings. The van der Waals surface area contributed by atoms with E-state index in [2.05, 4.69) is 49.5 Å². The van der Waals surface area contributed by atoms with Crippen LogP contribution < -0.4 is 5.32 Å². The summed E-state index contributed by atoms with van der Waals surface area (Å²) >= 11 is 0. The zero-order chi connectivity index (χ0) is 11.4. The third-order valence-electron chi connectivity index (χ3n) is 3.39. The molecule has 1 aromatic carbocycles. The Morgan fingerprint density at radius 2 is 1.94 bits per heavy atom. The summed E-state index contributed by atoms with van der Waals surface area (Å²) in [6, 6.07) is 7.07. The van der Waals surface area contributed by atoms with Crippen LogP contribution in [-0.2, 0) is 0 Å². The first kappa shape index (κ1) is 11.4. The van der Waals surface area contributed by atoms with E-state index in [9.17, 15) is 0 Å². The molecule has 1 aliphatic rings. The van der Waals surface area contributed by atoms with Crippen molar-refractivity contribution in [2.45, 2.75) is 39.2 Å². The molecular weight excluding hydrogens is 194 g/mol. The normalized spacial score (nSPS) is 21.5. The van der Waals surface area contributed by atoms with Crippen LogP contribution in [0.3, 0.4) is 0 Å². The van der Waals surface area contributed by atoms with Crippen LogP contribution in [0.2, 0.25) is 0 Å². The van der Waals surface area contributed by atoms with Crippen molar-refractivity contribution >= 4 is 6.08 Å². The molecule has 1 nitrogen and oxygen atoms in total. The topological polar surface area (TPSA) is 12.0 Å². The van der Waals surface area contributed by atoms with Crippen molar-refractivity contribution in [3.05, 3.63) is 41.0 Å². The fourth-order valence-corrected chi connectivity index (χ4v) is 2.35. The van der Waals surface area contributed by atoms with E-state index in [1.165, 1.54) is 42.5 Å². The van der Waals surface area contributed by atoms with Crippen LogP contribution in [0.1, 0.15) is 36.0 Å². The number of hydrogen-bond donors (Lipinski definition) is 1. The summed E-state index contributed by atoms with van der Waals surface area (Å²) in [5.74, 6) is 0. The Morgan fingerprint density at radius 1 is 1.19 bits per heavy atom. The van der Waals surface area contributed by atoms with E-state index in [1.54, 1.807) is 0 Å². The second-order valence-electron chi connectivity index (χ2n) is 4.72. The van der Waals surface area contributed by atoms with E-state index in [4.69, 9.17) is 0 Å². The first-order valence-corrected chi connectivity index (χ1v) is 6.25. The van der Waals surface area contributed by atoms with E-state index in [-0.39, 0.29) is 0 Å². The van der Waals surface area contributed by atoms with Crippen LogP contribution in [0.4, 0.5) is 0 Å². The molecule has 0 unspecified atom stereocenters. The summed E-state index contributed by atoms with van der Waals surface area (Å²) in [6.45, 7) is 5.53. The third-order valence-corrected chi connectivity index (χ3v) is 3.39. The minimum atomic E-state index is 0.577. The molecule has 1 heteroatoms. The molecule has 16 heavy (non-hydrogen) atoms. The van der Waals surface area contributed by atoms with Gasteiger partial charge < -0.3 is 5.32 Å². The number of rotatable bonds is 2. The highest BCUT2D eigenvalue weighted by Gasteiger charge is 2.08. The van der Waals surface area contributed by atoms with Gasteiger partial charge in [-0.3, -0.25) is 0 Å². The molecule has 0 amide bonds. The summed E-state index contributed by atoms with van der Waals surface area (Å²) in [6.07, 6.45) is 8.58. The number of piperidine rings is 1. The Kier molecular flexibility index (Phi) is 3.79. The zero-order valence-corrected chi connectivity index (χ0v) is 10.3. The molecule has 1 aliphatic heterocycles. The summed E-state index contributed by atoms with van der Waals surface area (Å²) in [7, 11) is 0. The van der Waals surface area contributed by atoms with Gasteiger partial charge in [0.2, 0.25) is 0 Å². The van der Waals surface area contributed by atoms with E-state index >= 15 is 0 Å². The first-order valence-electron chi connectivity index (χ1n) is 6.25. The number of benzene rings is 1. The smallest absolute Gasteiger partial charge is 0.0253 e. The fourth-order valence-electron chi connectivity index (χ4n) is 2.35. The van der Waals surface area contributed by atoms with Gasteiger partial charge in [-0.2, -0.15) is 0 Å². The predicted octanol–water partition coefficient (Wildman–Crippen LogP) is 3.46. The largest absolute Gasteiger partial charge is 0.311 e. The molecule has 0 spiro atoms. The lowest BCUT2D eigenvalue weighted by atomic mass is 9.99. The van der Waals surface area contributed by atoms with Gasteiger partial charge in [-0.15, -0.1) is 0 Å². The van der Waals surface area contributed by atoms with Gasteiger partial charge in [0.15, 0.2) is 0 Å². The SMILES string of the molecule is Cc1cccc(C)c1/C=C/[C@@H]1CCCCN1. The van der Waals surface area contributed by atoms with Gasteiger partial charge in [0.05, 0.1) is 0 Å². The monoisotopic (exact) mass is 215 g/mol. The second-order valence-corrected chi connectivity index (χ2v) is 4.72. The minimum Gasteiger partial charge on any atom is -0.311 e. The predicted molar refractivity (Wildman–Crippen MR) is 70.6 cm³/mol. The summed E-state index contributed by atoms with van der Waals surface area (Å²) in [5, 5.41) is 3.54. The Labute approximate surface area is 98.6 Å². The van der Waals surface area contributed by atoms with Crippen LogP contribution in [0.15, 0.2) is 24.3 Å². The van der Waals surface area contributed by atoms with Crippen LogP contribution in [0.25, 0.3) is 6.08 Å². The van der Waals surface area contributed by atoms with Gasteiger partial charge >= 0.3 is 0 Å². The lowest BCUT2D eigenvalue weighted by Crippen LogP contribution is -2.32. The lowest BCUT2D eigenvalue weighted by molar-refractivity contribution is 0.455. The summed E-state index contributed by atoms with van der Waals surface area (Å²) in [5.41, 5.74) is 4.12. The maximum atomic E-state index is 3.54. The second kappa shape index (κ2) is 5.31.